The van der Waals surface area contributed by atoms with Gasteiger partial charge < -0.3 is 5.32 Å². The van der Waals surface area contributed by atoms with E-state index in [1.54, 1.807) is 6.07 Å². The van der Waals surface area contributed by atoms with Crippen LogP contribution >= 0.6 is 23.1 Å². The summed E-state index contributed by atoms with van der Waals surface area (Å²) in [6.07, 6.45) is 0. The van der Waals surface area contributed by atoms with E-state index in [1.807, 2.05) is 66.9 Å². The van der Waals surface area contributed by atoms with Gasteiger partial charge in [-0.3, -0.25) is 9.59 Å². The summed E-state index contributed by atoms with van der Waals surface area (Å²) < 4.78 is 0. The molecule has 126 valence electrons. The normalized spacial score (nSPS) is 10.4. The zero-order chi connectivity index (χ0) is 17.6. The van der Waals surface area contributed by atoms with Crippen molar-refractivity contribution in [3.63, 3.8) is 0 Å². The number of amides is 1. The molecule has 0 unspecified atom stereocenters. The Bertz CT molecular complexity index is 854. The van der Waals surface area contributed by atoms with Gasteiger partial charge >= 0.3 is 0 Å². The van der Waals surface area contributed by atoms with E-state index in [4.69, 9.17) is 0 Å². The molecule has 1 aromatic heterocycles. The van der Waals surface area contributed by atoms with Gasteiger partial charge in [0.25, 0.3) is 5.91 Å². The first kappa shape index (κ1) is 17.5. The van der Waals surface area contributed by atoms with E-state index < -0.39 is 0 Å². The lowest BCUT2D eigenvalue weighted by Gasteiger charge is -2.06. The molecule has 25 heavy (non-hydrogen) atoms. The van der Waals surface area contributed by atoms with Gasteiger partial charge in [0.1, 0.15) is 0 Å². The van der Waals surface area contributed by atoms with E-state index in [-0.39, 0.29) is 11.7 Å². The Balaban J connectivity index is 1.54. The number of anilines is 1. The molecule has 1 N–H and O–H groups in total. The van der Waals surface area contributed by atoms with Crippen molar-refractivity contribution in [2.24, 2.45) is 0 Å². The van der Waals surface area contributed by atoms with Crippen LogP contribution in [0.2, 0.25) is 0 Å². The number of carbonyl (C=O) groups is 2. The number of thiophene rings is 1. The maximum absolute atomic E-state index is 12.2. The summed E-state index contributed by atoms with van der Waals surface area (Å²) in [5.74, 6) is 0.397. The van der Waals surface area contributed by atoms with Crippen LogP contribution < -0.4 is 5.32 Å². The molecule has 1 amide bonds. The summed E-state index contributed by atoms with van der Waals surface area (Å²) in [6, 6.07) is 18.8. The summed E-state index contributed by atoms with van der Waals surface area (Å²) in [5.41, 5.74) is 2.62. The largest absolute Gasteiger partial charge is 0.321 e. The molecule has 0 saturated carbocycles. The standard InChI is InChI=1S/C20H17NO2S2/c1-14-4-6-15(7-5-14)18(22)13-25-17-10-8-16(9-11-17)21-20(23)19-3-2-12-24-19/h2-12H,13H2,1H3,(H,21,23). The molecule has 0 aliphatic heterocycles. The quantitative estimate of drug-likeness (QED) is 0.476. The average molecular weight is 367 g/mol. The second-order valence-electron chi connectivity index (χ2n) is 5.53. The summed E-state index contributed by atoms with van der Waals surface area (Å²) in [6.45, 7) is 2.00. The van der Waals surface area contributed by atoms with Crippen LogP contribution in [0.1, 0.15) is 25.6 Å². The highest BCUT2D eigenvalue weighted by Crippen LogP contribution is 2.22. The van der Waals surface area contributed by atoms with Crippen LogP contribution in [0.15, 0.2) is 70.9 Å². The molecule has 0 radical (unpaired) electrons. The van der Waals surface area contributed by atoms with Gasteiger partial charge in [0.05, 0.1) is 10.6 Å². The van der Waals surface area contributed by atoms with Crippen molar-refractivity contribution in [3.05, 3.63) is 82.0 Å². The maximum atomic E-state index is 12.2. The second-order valence-corrected chi connectivity index (χ2v) is 7.53. The van der Waals surface area contributed by atoms with E-state index in [2.05, 4.69) is 5.32 Å². The van der Waals surface area contributed by atoms with Crippen molar-refractivity contribution < 1.29 is 9.59 Å². The lowest BCUT2D eigenvalue weighted by molar-refractivity contribution is 0.101. The van der Waals surface area contributed by atoms with Gasteiger partial charge in [-0.15, -0.1) is 23.1 Å². The Morgan fingerprint density at radius 2 is 1.72 bits per heavy atom. The molecule has 0 spiro atoms. The van der Waals surface area contributed by atoms with Crippen LogP contribution in [0.4, 0.5) is 5.69 Å². The molecule has 3 nitrogen and oxygen atoms in total. The van der Waals surface area contributed by atoms with Crippen LogP contribution in [-0.2, 0) is 0 Å². The Hall–Kier alpha value is -2.37. The number of nitrogens with one attached hydrogen (secondary N) is 1. The number of hydrogen-bond donors (Lipinski definition) is 1. The van der Waals surface area contributed by atoms with Crippen molar-refractivity contribution >= 4 is 40.5 Å². The molecule has 2 aromatic carbocycles. The lowest BCUT2D eigenvalue weighted by atomic mass is 10.1. The monoisotopic (exact) mass is 367 g/mol. The summed E-state index contributed by atoms with van der Waals surface area (Å²) in [5, 5.41) is 4.74. The third kappa shape index (κ3) is 4.81. The van der Waals surface area contributed by atoms with Gasteiger partial charge in [-0.1, -0.05) is 35.9 Å². The minimum absolute atomic E-state index is 0.107. The topological polar surface area (TPSA) is 46.2 Å². The fourth-order valence-electron chi connectivity index (χ4n) is 2.21. The maximum Gasteiger partial charge on any atom is 0.265 e. The number of Topliss-reactive ketones (excluding diaryl/α,β-unsaturated/α-hetero) is 1. The molecule has 0 aliphatic rings. The van der Waals surface area contributed by atoms with Crippen molar-refractivity contribution in [2.45, 2.75) is 11.8 Å². The van der Waals surface area contributed by atoms with Gasteiger partial charge in [0.15, 0.2) is 5.78 Å². The zero-order valence-electron chi connectivity index (χ0n) is 13.7. The van der Waals surface area contributed by atoms with Crippen molar-refractivity contribution in [1.29, 1.82) is 0 Å². The minimum Gasteiger partial charge on any atom is -0.321 e. The third-order valence-corrected chi connectivity index (χ3v) is 5.48. The smallest absolute Gasteiger partial charge is 0.265 e. The van der Waals surface area contributed by atoms with E-state index in [1.165, 1.54) is 23.1 Å². The van der Waals surface area contributed by atoms with Gasteiger partial charge in [-0.2, -0.15) is 0 Å². The number of benzene rings is 2. The fraction of sp³-hybridized carbons (Fsp3) is 0.100. The number of aryl methyl sites for hydroxylation is 1. The van der Waals surface area contributed by atoms with E-state index in [0.717, 1.165) is 21.7 Å². The molecule has 1 heterocycles. The number of carbonyl (C=O) groups excluding carboxylic acids is 2. The Morgan fingerprint density at radius 1 is 1.00 bits per heavy atom. The SMILES string of the molecule is Cc1ccc(C(=O)CSc2ccc(NC(=O)c3cccs3)cc2)cc1. The van der Waals surface area contributed by atoms with E-state index in [0.29, 0.717) is 10.6 Å². The molecule has 0 aliphatic carbocycles. The molecule has 3 rings (SSSR count). The number of hydrogen-bond acceptors (Lipinski definition) is 4. The zero-order valence-corrected chi connectivity index (χ0v) is 15.3. The Morgan fingerprint density at radius 3 is 2.36 bits per heavy atom. The first-order chi connectivity index (χ1) is 12.1. The average Bonchev–Trinajstić information content (AvgIpc) is 3.16. The molecule has 5 heteroatoms. The molecular weight excluding hydrogens is 350 g/mol. The number of thioether (sulfide) groups is 1. The Labute approximate surface area is 155 Å². The summed E-state index contributed by atoms with van der Waals surface area (Å²) in [7, 11) is 0. The van der Waals surface area contributed by atoms with Crippen molar-refractivity contribution in [1.82, 2.24) is 0 Å². The summed E-state index contributed by atoms with van der Waals surface area (Å²) in [4.78, 5) is 25.9. The van der Waals surface area contributed by atoms with E-state index >= 15 is 0 Å². The van der Waals surface area contributed by atoms with Crippen LogP contribution in [-0.4, -0.2) is 17.4 Å². The molecule has 3 aromatic rings. The molecular formula is C20H17NO2S2. The molecule has 0 saturated heterocycles. The Kier molecular flexibility index (Phi) is 5.68. The van der Waals surface area contributed by atoms with Gasteiger partial charge in [0, 0.05) is 16.1 Å². The molecule has 0 atom stereocenters. The predicted molar refractivity (Wildman–Crippen MR) is 105 cm³/mol. The minimum atomic E-state index is -0.107. The molecule has 0 bridgehead atoms. The van der Waals surface area contributed by atoms with E-state index in [9.17, 15) is 9.59 Å². The van der Waals surface area contributed by atoms with Gasteiger partial charge in [-0.05, 0) is 42.6 Å². The number of rotatable bonds is 6. The highest BCUT2D eigenvalue weighted by Gasteiger charge is 2.08. The highest BCUT2D eigenvalue weighted by atomic mass is 32.2. The predicted octanol–water partition coefficient (Wildman–Crippen LogP) is 5.28. The van der Waals surface area contributed by atoms with Gasteiger partial charge in [-0.25, -0.2) is 0 Å². The first-order valence-corrected chi connectivity index (χ1v) is 9.66. The van der Waals surface area contributed by atoms with Crippen LogP contribution in [0.25, 0.3) is 0 Å². The van der Waals surface area contributed by atoms with Crippen molar-refractivity contribution in [3.8, 4) is 0 Å². The molecule has 0 fully saturated rings. The van der Waals surface area contributed by atoms with Crippen LogP contribution in [0, 0.1) is 6.92 Å². The first-order valence-electron chi connectivity index (χ1n) is 7.79. The second kappa shape index (κ2) is 8.14. The van der Waals surface area contributed by atoms with Crippen LogP contribution in [0.5, 0.6) is 0 Å². The number of ketones is 1. The van der Waals surface area contributed by atoms with Crippen LogP contribution in [0.3, 0.4) is 0 Å². The lowest BCUT2D eigenvalue weighted by Crippen LogP contribution is -2.09. The highest BCUT2D eigenvalue weighted by molar-refractivity contribution is 8.00. The van der Waals surface area contributed by atoms with Gasteiger partial charge in [0.2, 0.25) is 0 Å². The third-order valence-electron chi connectivity index (χ3n) is 3.60. The summed E-state index contributed by atoms with van der Waals surface area (Å²) >= 11 is 2.90. The fourth-order valence-corrected chi connectivity index (χ4v) is 3.62. The van der Waals surface area contributed by atoms with Crippen molar-refractivity contribution in [2.75, 3.05) is 11.1 Å².